The van der Waals surface area contributed by atoms with Crippen molar-refractivity contribution in [3.8, 4) is 11.5 Å². The van der Waals surface area contributed by atoms with Gasteiger partial charge in [-0.3, -0.25) is 4.79 Å². The summed E-state index contributed by atoms with van der Waals surface area (Å²) in [5.41, 5.74) is 15.3. The predicted octanol–water partition coefficient (Wildman–Crippen LogP) is 2.67. The lowest BCUT2D eigenvalue weighted by Gasteiger charge is -2.14. The molecule has 0 aliphatic carbocycles. The third-order valence-corrected chi connectivity index (χ3v) is 3.04. The second-order valence-corrected chi connectivity index (χ2v) is 4.47. The average molecular weight is 314 g/mol. The van der Waals surface area contributed by atoms with Crippen molar-refractivity contribution in [1.82, 2.24) is 0 Å². The zero-order valence-corrected chi connectivity index (χ0v) is 11.2. The highest BCUT2D eigenvalue weighted by Crippen LogP contribution is 2.39. The Morgan fingerprint density at radius 3 is 2.48 bits per heavy atom. The van der Waals surface area contributed by atoms with Crippen molar-refractivity contribution >= 4 is 28.9 Å². The smallest absolute Gasteiger partial charge is 0.255 e. The van der Waals surface area contributed by atoms with E-state index in [1.807, 2.05) is 0 Å². The lowest BCUT2D eigenvalue weighted by Crippen LogP contribution is -2.14. The molecule has 0 heterocycles. The van der Waals surface area contributed by atoms with E-state index in [0.29, 0.717) is 0 Å². The van der Waals surface area contributed by atoms with Crippen LogP contribution < -0.4 is 21.9 Å². The van der Waals surface area contributed by atoms with Crippen LogP contribution in [0.4, 0.5) is 20.2 Å². The van der Waals surface area contributed by atoms with Crippen LogP contribution in [0.15, 0.2) is 24.3 Å². The third-order valence-electron chi connectivity index (χ3n) is 2.65. The van der Waals surface area contributed by atoms with Crippen LogP contribution in [0.2, 0.25) is 5.02 Å². The van der Waals surface area contributed by atoms with Gasteiger partial charge in [-0.1, -0.05) is 17.7 Å². The van der Waals surface area contributed by atoms with Gasteiger partial charge in [0.05, 0.1) is 11.4 Å². The Kier molecular flexibility index (Phi) is 3.86. The first-order valence-electron chi connectivity index (χ1n) is 5.62. The van der Waals surface area contributed by atoms with Crippen molar-refractivity contribution in [3.05, 3.63) is 46.5 Å². The maximum absolute atomic E-state index is 14.0. The van der Waals surface area contributed by atoms with Crippen molar-refractivity contribution in [2.24, 2.45) is 5.73 Å². The molecule has 5 nitrogen and oxygen atoms in total. The molecule has 2 rings (SSSR count). The number of benzene rings is 2. The summed E-state index contributed by atoms with van der Waals surface area (Å²) in [6, 6.07) is 4.71. The lowest BCUT2D eigenvalue weighted by atomic mass is 10.1. The van der Waals surface area contributed by atoms with E-state index >= 15 is 0 Å². The normalized spacial score (nSPS) is 10.4. The van der Waals surface area contributed by atoms with Gasteiger partial charge in [0.25, 0.3) is 5.91 Å². The van der Waals surface area contributed by atoms with Crippen molar-refractivity contribution in [1.29, 1.82) is 0 Å². The van der Waals surface area contributed by atoms with Crippen LogP contribution in [0.5, 0.6) is 11.5 Å². The van der Waals surface area contributed by atoms with Crippen LogP contribution in [0.1, 0.15) is 10.4 Å². The molecule has 8 heteroatoms. The number of hydrogen-bond donors (Lipinski definition) is 3. The molecule has 0 atom stereocenters. The van der Waals surface area contributed by atoms with E-state index in [9.17, 15) is 13.6 Å². The van der Waals surface area contributed by atoms with E-state index in [1.54, 1.807) is 0 Å². The summed E-state index contributed by atoms with van der Waals surface area (Å²) in [6.45, 7) is 0. The first-order chi connectivity index (χ1) is 9.82. The molecule has 21 heavy (non-hydrogen) atoms. The number of anilines is 2. The van der Waals surface area contributed by atoms with Crippen LogP contribution in [0.3, 0.4) is 0 Å². The van der Waals surface area contributed by atoms with E-state index in [2.05, 4.69) is 0 Å². The molecule has 6 N–H and O–H groups in total. The highest BCUT2D eigenvalue weighted by atomic mass is 35.5. The summed E-state index contributed by atoms with van der Waals surface area (Å²) < 4.78 is 32.8. The largest absolute Gasteiger partial charge is 0.451 e. The zero-order chi connectivity index (χ0) is 15.7. The van der Waals surface area contributed by atoms with Gasteiger partial charge in [-0.05, 0) is 18.2 Å². The Morgan fingerprint density at radius 1 is 1.19 bits per heavy atom. The summed E-state index contributed by atoms with van der Waals surface area (Å²) in [5.74, 6) is -3.74. The van der Waals surface area contributed by atoms with Gasteiger partial charge >= 0.3 is 0 Å². The topological polar surface area (TPSA) is 104 Å². The fourth-order valence-corrected chi connectivity index (χ4v) is 1.83. The molecule has 1 amide bonds. The van der Waals surface area contributed by atoms with Crippen molar-refractivity contribution in [2.45, 2.75) is 0 Å². The Morgan fingerprint density at radius 2 is 1.86 bits per heavy atom. The highest BCUT2D eigenvalue weighted by molar-refractivity contribution is 6.33. The van der Waals surface area contributed by atoms with Gasteiger partial charge in [0.2, 0.25) is 0 Å². The van der Waals surface area contributed by atoms with Gasteiger partial charge in [-0.25, -0.2) is 8.78 Å². The fourth-order valence-electron chi connectivity index (χ4n) is 1.69. The number of hydrogen-bond acceptors (Lipinski definition) is 4. The van der Waals surface area contributed by atoms with Crippen LogP contribution in [0, 0.1) is 11.6 Å². The molecule has 0 bridgehead atoms. The quantitative estimate of drug-likeness (QED) is 0.758. The number of amides is 1. The van der Waals surface area contributed by atoms with E-state index in [-0.39, 0.29) is 17.1 Å². The van der Waals surface area contributed by atoms with Gasteiger partial charge in [-0.15, -0.1) is 0 Å². The van der Waals surface area contributed by atoms with Crippen molar-refractivity contribution < 1.29 is 18.3 Å². The predicted molar refractivity (Wildman–Crippen MR) is 75.2 cm³/mol. The molecule has 0 aromatic heterocycles. The van der Waals surface area contributed by atoms with Crippen LogP contribution in [0.25, 0.3) is 0 Å². The molecular weight excluding hydrogens is 304 g/mol. The number of primary amides is 1. The van der Waals surface area contributed by atoms with Gasteiger partial charge in [-0.2, -0.15) is 0 Å². The maximum Gasteiger partial charge on any atom is 0.255 e. The Bertz CT molecular complexity index is 738. The van der Waals surface area contributed by atoms with Gasteiger partial charge < -0.3 is 21.9 Å². The molecule has 0 saturated heterocycles. The van der Waals surface area contributed by atoms with E-state index in [0.717, 1.165) is 6.07 Å². The minimum atomic E-state index is -1.07. The number of rotatable bonds is 3. The molecule has 0 fully saturated rings. The first-order valence-corrected chi connectivity index (χ1v) is 5.99. The van der Waals surface area contributed by atoms with Crippen LogP contribution >= 0.6 is 11.6 Å². The fraction of sp³-hybridized carbons (Fsp3) is 0. The zero-order valence-electron chi connectivity index (χ0n) is 10.5. The average Bonchev–Trinajstić information content (AvgIpc) is 2.41. The molecule has 2 aromatic rings. The second kappa shape index (κ2) is 5.45. The Labute approximate surface area is 123 Å². The Hall–Kier alpha value is -2.54. The number of ether oxygens (including phenoxy) is 1. The summed E-state index contributed by atoms with van der Waals surface area (Å²) in [5, 5.41) is -0.392. The van der Waals surface area contributed by atoms with Crippen LogP contribution in [-0.4, -0.2) is 5.91 Å². The van der Waals surface area contributed by atoms with E-state index < -0.39 is 33.9 Å². The summed E-state index contributed by atoms with van der Waals surface area (Å²) in [4.78, 5) is 11.3. The first kappa shape index (κ1) is 14.9. The maximum atomic E-state index is 14.0. The molecule has 0 aliphatic rings. The standard InChI is InChI=1S/C13H10ClF2N3O2/c14-10-6(17)4-7(18)12(11(10)16)21-8-3-1-2-5(15)9(8)13(19)20/h1-4H,17-18H2,(H2,19,20). The number of nitrogens with two attached hydrogens (primary N) is 3. The third kappa shape index (κ3) is 2.68. The van der Waals surface area contributed by atoms with E-state index in [1.165, 1.54) is 18.2 Å². The van der Waals surface area contributed by atoms with Crippen molar-refractivity contribution in [3.63, 3.8) is 0 Å². The molecular formula is C13H10ClF2N3O2. The molecule has 0 spiro atoms. The molecule has 110 valence electrons. The van der Waals surface area contributed by atoms with Crippen LogP contribution in [-0.2, 0) is 0 Å². The van der Waals surface area contributed by atoms with E-state index in [4.69, 9.17) is 33.5 Å². The molecule has 0 radical (unpaired) electrons. The Balaban J connectivity index is 2.57. The summed E-state index contributed by atoms with van der Waals surface area (Å²) in [6.07, 6.45) is 0. The minimum Gasteiger partial charge on any atom is -0.451 e. The number of carbonyl (C=O) groups is 1. The number of carbonyl (C=O) groups excluding carboxylic acids is 1. The lowest BCUT2D eigenvalue weighted by molar-refractivity contribution is 0.0994. The SMILES string of the molecule is NC(=O)c1c(F)cccc1Oc1c(N)cc(N)c(Cl)c1F. The molecule has 2 aromatic carbocycles. The van der Waals surface area contributed by atoms with Gasteiger partial charge in [0, 0.05) is 0 Å². The minimum absolute atomic E-state index is 0.0756. The number of nitrogen functional groups attached to an aromatic ring is 2. The van der Waals surface area contributed by atoms with Gasteiger partial charge in [0.1, 0.15) is 22.2 Å². The van der Waals surface area contributed by atoms with Crippen molar-refractivity contribution in [2.75, 3.05) is 11.5 Å². The molecule has 0 aliphatic heterocycles. The second-order valence-electron chi connectivity index (χ2n) is 4.09. The molecule has 0 saturated carbocycles. The van der Waals surface area contributed by atoms with Gasteiger partial charge in [0.15, 0.2) is 11.6 Å². The summed E-state index contributed by atoms with van der Waals surface area (Å²) in [7, 11) is 0. The summed E-state index contributed by atoms with van der Waals surface area (Å²) >= 11 is 5.65. The monoisotopic (exact) mass is 313 g/mol. The highest BCUT2D eigenvalue weighted by Gasteiger charge is 2.21. The number of halogens is 3. The molecule has 0 unspecified atom stereocenters.